The Hall–Kier alpha value is -2.78. The van der Waals surface area contributed by atoms with E-state index in [9.17, 15) is 4.79 Å². The van der Waals surface area contributed by atoms with Gasteiger partial charge in [0, 0.05) is 5.56 Å². The smallest absolute Gasteiger partial charge is 0.262 e. The summed E-state index contributed by atoms with van der Waals surface area (Å²) in [7, 11) is 0. The fourth-order valence-corrected chi connectivity index (χ4v) is 4.72. The molecule has 0 fully saturated rings. The molecule has 148 valence electrons. The minimum absolute atomic E-state index is 0.0962. The van der Waals surface area contributed by atoms with E-state index in [0.29, 0.717) is 16.4 Å². The minimum Gasteiger partial charge on any atom is -0.482 e. The number of anilines is 1. The lowest BCUT2D eigenvalue weighted by atomic mass is 10.1. The molecule has 2 heterocycles. The summed E-state index contributed by atoms with van der Waals surface area (Å²) in [5, 5.41) is 16.3. The van der Waals surface area contributed by atoms with Gasteiger partial charge in [-0.05, 0) is 66.0 Å². The number of aromatic nitrogens is 4. The first-order valence-corrected chi connectivity index (χ1v) is 10.5. The van der Waals surface area contributed by atoms with Crippen LogP contribution in [0, 0.1) is 20.8 Å². The van der Waals surface area contributed by atoms with Gasteiger partial charge in [-0.25, -0.2) is 0 Å². The lowest BCUT2D eigenvalue weighted by molar-refractivity contribution is -0.118. The first-order chi connectivity index (χ1) is 13.9. The highest BCUT2D eigenvalue weighted by Gasteiger charge is 2.15. The van der Waals surface area contributed by atoms with E-state index < -0.39 is 0 Å². The molecule has 4 rings (SSSR count). The molecule has 0 spiro atoms. The van der Waals surface area contributed by atoms with Crippen LogP contribution in [0.5, 0.6) is 5.75 Å². The summed E-state index contributed by atoms with van der Waals surface area (Å²) in [4.78, 5) is 13.2. The van der Waals surface area contributed by atoms with Crippen molar-refractivity contribution < 1.29 is 9.53 Å². The van der Waals surface area contributed by atoms with Gasteiger partial charge in [0.05, 0.1) is 10.2 Å². The standard InChI is InChI=1S/C20H18BrN5O2S/c1-11-8-12(2)18(15(21)9-11)28-10-17(27)22-16-7-5-4-6-14(16)19-25-26-13(3)23-24-20(26)29-19/h4-9H,10H2,1-3H3,(H,22,27). The molecule has 0 atom stereocenters. The third kappa shape index (κ3) is 4.01. The molecule has 29 heavy (non-hydrogen) atoms. The van der Waals surface area contributed by atoms with Crippen molar-refractivity contribution in [2.45, 2.75) is 20.8 Å². The maximum Gasteiger partial charge on any atom is 0.262 e. The summed E-state index contributed by atoms with van der Waals surface area (Å²) in [6, 6.07) is 11.5. The maximum atomic E-state index is 12.5. The van der Waals surface area contributed by atoms with Crippen LogP contribution < -0.4 is 10.1 Å². The number of benzene rings is 2. The largest absolute Gasteiger partial charge is 0.482 e. The Morgan fingerprint density at radius 1 is 1.21 bits per heavy atom. The Labute approximate surface area is 179 Å². The van der Waals surface area contributed by atoms with E-state index >= 15 is 0 Å². The normalized spacial score (nSPS) is 11.0. The van der Waals surface area contributed by atoms with Gasteiger partial charge in [0.2, 0.25) is 4.96 Å². The zero-order valence-electron chi connectivity index (χ0n) is 16.1. The Balaban J connectivity index is 1.52. The monoisotopic (exact) mass is 471 g/mol. The number of carbonyl (C=O) groups excluding carboxylic acids is 1. The lowest BCUT2D eigenvalue weighted by Gasteiger charge is -2.13. The molecule has 0 radical (unpaired) electrons. The molecule has 0 saturated carbocycles. The van der Waals surface area contributed by atoms with Crippen molar-refractivity contribution in [1.82, 2.24) is 19.8 Å². The van der Waals surface area contributed by atoms with Gasteiger partial charge in [-0.3, -0.25) is 4.79 Å². The molecule has 0 aliphatic heterocycles. The van der Waals surface area contributed by atoms with Crippen molar-refractivity contribution in [3.05, 3.63) is 57.8 Å². The topological polar surface area (TPSA) is 81.4 Å². The van der Waals surface area contributed by atoms with Crippen molar-refractivity contribution in [2.24, 2.45) is 0 Å². The summed E-state index contributed by atoms with van der Waals surface area (Å²) in [6.45, 7) is 5.72. The van der Waals surface area contributed by atoms with Gasteiger partial charge in [0.1, 0.15) is 10.8 Å². The number of ether oxygens (including phenoxy) is 1. The number of halogens is 1. The number of aryl methyl sites for hydroxylation is 3. The number of hydrogen-bond acceptors (Lipinski definition) is 6. The van der Waals surface area contributed by atoms with Crippen LogP contribution in [0.15, 0.2) is 40.9 Å². The van der Waals surface area contributed by atoms with Gasteiger partial charge in [-0.1, -0.05) is 29.5 Å². The van der Waals surface area contributed by atoms with Crippen molar-refractivity contribution in [3.63, 3.8) is 0 Å². The molecule has 1 amide bonds. The number of nitrogens with zero attached hydrogens (tertiary/aromatic N) is 4. The maximum absolute atomic E-state index is 12.5. The predicted molar refractivity (Wildman–Crippen MR) is 117 cm³/mol. The second-order valence-corrected chi connectivity index (χ2v) is 8.43. The number of hydrogen-bond donors (Lipinski definition) is 1. The highest BCUT2D eigenvalue weighted by Crippen LogP contribution is 2.32. The molecule has 0 saturated heterocycles. The summed E-state index contributed by atoms with van der Waals surface area (Å²) < 4.78 is 8.28. The number of amides is 1. The van der Waals surface area contributed by atoms with E-state index in [-0.39, 0.29) is 12.5 Å². The second kappa shape index (κ2) is 7.92. The van der Waals surface area contributed by atoms with Crippen LogP contribution in [0.2, 0.25) is 0 Å². The van der Waals surface area contributed by atoms with Crippen LogP contribution in [0.4, 0.5) is 5.69 Å². The van der Waals surface area contributed by atoms with Gasteiger partial charge in [0.25, 0.3) is 5.91 Å². The van der Waals surface area contributed by atoms with E-state index in [2.05, 4.69) is 36.5 Å². The van der Waals surface area contributed by atoms with Gasteiger partial charge in [-0.2, -0.15) is 9.61 Å². The number of para-hydroxylation sites is 1. The van der Waals surface area contributed by atoms with Crippen molar-refractivity contribution in [1.29, 1.82) is 0 Å². The molecule has 4 aromatic rings. The Morgan fingerprint density at radius 2 is 2.00 bits per heavy atom. The van der Waals surface area contributed by atoms with Gasteiger partial charge < -0.3 is 10.1 Å². The molecule has 0 bridgehead atoms. The van der Waals surface area contributed by atoms with Crippen molar-refractivity contribution in [2.75, 3.05) is 11.9 Å². The van der Waals surface area contributed by atoms with Gasteiger partial charge >= 0.3 is 0 Å². The van der Waals surface area contributed by atoms with Crippen LogP contribution in [-0.4, -0.2) is 32.3 Å². The summed E-state index contributed by atoms with van der Waals surface area (Å²) in [6.07, 6.45) is 0. The number of rotatable bonds is 5. The summed E-state index contributed by atoms with van der Waals surface area (Å²) in [5.74, 6) is 1.14. The van der Waals surface area contributed by atoms with Crippen molar-refractivity contribution in [3.8, 4) is 16.3 Å². The van der Waals surface area contributed by atoms with E-state index in [1.165, 1.54) is 11.3 Å². The molecule has 2 aromatic heterocycles. The Morgan fingerprint density at radius 3 is 2.76 bits per heavy atom. The molecular formula is C20H18BrN5O2S. The van der Waals surface area contributed by atoms with Crippen LogP contribution in [0.3, 0.4) is 0 Å². The molecule has 7 nitrogen and oxygen atoms in total. The summed E-state index contributed by atoms with van der Waals surface area (Å²) in [5.41, 5.74) is 3.59. The third-order valence-corrected chi connectivity index (χ3v) is 5.82. The van der Waals surface area contributed by atoms with E-state index in [0.717, 1.165) is 32.0 Å². The highest BCUT2D eigenvalue weighted by molar-refractivity contribution is 9.10. The SMILES string of the molecule is Cc1cc(C)c(OCC(=O)Nc2ccccc2-c2nn3c(C)nnc3s2)c(Br)c1. The van der Waals surface area contributed by atoms with Crippen molar-refractivity contribution >= 4 is 43.8 Å². The van der Waals surface area contributed by atoms with E-state index in [1.54, 1.807) is 4.52 Å². The lowest BCUT2D eigenvalue weighted by Crippen LogP contribution is -2.21. The first kappa shape index (κ1) is 19.5. The zero-order chi connectivity index (χ0) is 20.5. The van der Waals surface area contributed by atoms with E-state index in [4.69, 9.17) is 4.74 Å². The predicted octanol–water partition coefficient (Wildman–Crippen LogP) is 4.56. The number of fused-ring (bicyclic) bond motifs is 1. The molecule has 9 heteroatoms. The molecule has 0 aliphatic rings. The van der Waals surface area contributed by atoms with Crippen LogP contribution >= 0.6 is 27.3 Å². The molecule has 0 aliphatic carbocycles. The fourth-order valence-electron chi connectivity index (χ4n) is 3.01. The summed E-state index contributed by atoms with van der Waals surface area (Å²) >= 11 is 4.92. The minimum atomic E-state index is -0.247. The molecule has 1 N–H and O–H groups in total. The average Bonchev–Trinajstić information content (AvgIpc) is 3.23. The van der Waals surface area contributed by atoms with Crippen LogP contribution in [-0.2, 0) is 4.79 Å². The second-order valence-electron chi connectivity index (χ2n) is 6.62. The average molecular weight is 472 g/mol. The number of nitrogens with one attached hydrogen (secondary N) is 1. The third-order valence-electron chi connectivity index (χ3n) is 4.30. The van der Waals surface area contributed by atoms with Crippen LogP contribution in [0.1, 0.15) is 17.0 Å². The van der Waals surface area contributed by atoms with Gasteiger partial charge in [-0.15, -0.1) is 10.2 Å². The molecule has 2 aromatic carbocycles. The molecular weight excluding hydrogens is 454 g/mol. The van der Waals surface area contributed by atoms with Crippen LogP contribution in [0.25, 0.3) is 15.5 Å². The quantitative estimate of drug-likeness (QED) is 0.461. The van der Waals surface area contributed by atoms with Gasteiger partial charge in [0.15, 0.2) is 12.4 Å². The first-order valence-electron chi connectivity index (χ1n) is 8.90. The zero-order valence-corrected chi connectivity index (χ0v) is 18.5. The number of carbonyl (C=O) groups is 1. The fraction of sp³-hybridized carbons (Fsp3) is 0.200. The van der Waals surface area contributed by atoms with E-state index in [1.807, 2.05) is 57.2 Å². The Bertz CT molecular complexity index is 1190. The Kier molecular flexibility index (Phi) is 5.33. The highest BCUT2D eigenvalue weighted by atomic mass is 79.9. The molecule has 0 unspecified atom stereocenters.